The number of carbonyl (C=O) groups excluding carboxylic acids is 2. The summed E-state index contributed by atoms with van der Waals surface area (Å²) in [6, 6.07) is 22.5. The van der Waals surface area contributed by atoms with Gasteiger partial charge >= 0.3 is 0 Å². The number of hydrogen-bond acceptors (Lipinski definition) is 7. The Morgan fingerprint density at radius 1 is 1.00 bits per heavy atom. The van der Waals surface area contributed by atoms with Crippen molar-refractivity contribution in [3.63, 3.8) is 0 Å². The fraction of sp³-hybridized carbons (Fsp3) is 0.241. The van der Waals surface area contributed by atoms with Crippen LogP contribution < -0.4 is 19.7 Å². The van der Waals surface area contributed by atoms with Crippen molar-refractivity contribution in [1.82, 2.24) is 20.1 Å². The van der Waals surface area contributed by atoms with Crippen molar-refractivity contribution < 1.29 is 19.1 Å². The molecule has 1 aromatic heterocycles. The molecule has 4 aromatic rings. The summed E-state index contributed by atoms with van der Waals surface area (Å²) < 4.78 is 12.7. The Morgan fingerprint density at radius 2 is 1.82 bits per heavy atom. The van der Waals surface area contributed by atoms with Gasteiger partial charge in [0.25, 0.3) is 5.91 Å². The van der Waals surface area contributed by atoms with E-state index in [-0.39, 0.29) is 24.1 Å². The zero-order valence-electron chi connectivity index (χ0n) is 21.8. The first-order valence-corrected chi connectivity index (χ1v) is 13.7. The normalized spacial score (nSPS) is 12.2. The van der Waals surface area contributed by atoms with Crippen LogP contribution in [0.5, 0.6) is 11.5 Å². The number of rotatable bonds is 10. The lowest BCUT2D eigenvalue weighted by atomic mass is 10.2. The van der Waals surface area contributed by atoms with Crippen molar-refractivity contribution in [2.75, 3.05) is 30.9 Å². The molecule has 0 atom stereocenters. The molecule has 0 fully saturated rings. The molecular formula is C29H29N5O4S. The minimum absolute atomic E-state index is 0.0130. The number of anilines is 1. The van der Waals surface area contributed by atoms with Crippen LogP contribution in [0.2, 0.25) is 0 Å². The number of ether oxygens (including phenoxy) is 2. The molecule has 0 bridgehead atoms. The van der Waals surface area contributed by atoms with E-state index in [0.717, 1.165) is 23.5 Å². The summed E-state index contributed by atoms with van der Waals surface area (Å²) in [6.45, 7) is 3.31. The Hall–Kier alpha value is -4.31. The molecule has 5 rings (SSSR count). The van der Waals surface area contributed by atoms with Crippen molar-refractivity contribution in [2.45, 2.75) is 25.0 Å². The Morgan fingerprint density at radius 3 is 2.62 bits per heavy atom. The van der Waals surface area contributed by atoms with E-state index in [1.807, 2.05) is 58.9 Å². The third kappa shape index (κ3) is 5.91. The predicted octanol–water partition coefficient (Wildman–Crippen LogP) is 4.29. The molecule has 3 aromatic carbocycles. The minimum Gasteiger partial charge on any atom is -0.497 e. The summed E-state index contributed by atoms with van der Waals surface area (Å²) in [7, 11) is 1.56. The summed E-state index contributed by atoms with van der Waals surface area (Å²) in [6.07, 6.45) is 0.853. The topological polar surface area (TPSA) is 98.6 Å². The Kier molecular flexibility index (Phi) is 8.12. The maximum absolute atomic E-state index is 13.1. The average molecular weight is 544 g/mol. The Bertz CT molecular complexity index is 1470. The molecule has 0 radical (unpaired) electrons. The summed E-state index contributed by atoms with van der Waals surface area (Å²) in [4.78, 5) is 27.8. The van der Waals surface area contributed by atoms with E-state index in [0.29, 0.717) is 35.4 Å². The summed E-state index contributed by atoms with van der Waals surface area (Å²) in [5.74, 6) is 1.85. The van der Waals surface area contributed by atoms with Crippen LogP contribution in [-0.4, -0.2) is 52.6 Å². The molecule has 2 amide bonds. The smallest absolute Gasteiger partial charge is 0.251 e. The maximum Gasteiger partial charge on any atom is 0.251 e. The van der Waals surface area contributed by atoms with Crippen LogP contribution in [0.3, 0.4) is 0 Å². The molecule has 1 aliphatic heterocycles. The van der Waals surface area contributed by atoms with Gasteiger partial charge in [0.1, 0.15) is 11.5 Å². The van der Waals surface area contributed by atoms with E-state index in [9.17, 15) is 9.59 Å². The first-order valence-electron chi connectivity index (χ1n) is 12.7. The number of fused-ring (bicyclic) bond motifs is 1. The highest BCUT2D eigenvalue weighted by atomic mass is 32.2. The van der Waals surface area contributed by atoms with Crippen molar-refractivity contribution in [3.05, 3.63) is 89.7 Å². The first-order chi connectivity index (χ1) is 19.1. The highest BCUT2D eigenvalue weighted by Crippen LogP contribution is 2.30. The molecule has 0 saturated heterocycles. The van der Waals surface area contributed by atoms with Crippen LogP contribution in [0.4, 0.5) is 5.69 Å². The maximum atomic E-state index is 13.1. The third-order valence-electron chi connectivity index (χ3n) is 6.36. The fourth-order valence-corrected chi connectivity index (χ4v) is 5.30. The van der Waals surface area contributed by atoms with Gasteiger partial charge in [-0.25, -0.2) is 0 Å². The van der Waals surface area contributed by atoms with Crippen LogP contribution >= 0.6 is 11.8 Å². The average Bonchev–Trinajstić information content (AvgIpc) is 3.59. The van der Waals surface area contributed by atoms with Gasteiger partial charge in [0.15, 0.2) is 11.0 Å². The van der Waals surface area contributed by atoms with Crippen molar-refractivity contribution in [3.8, 4) is 17.2 Å². The Balaban J connectivity index is 1.35. The Labute approximate surface area is 231 Å². The number of carbonyl (C=O) groups is 2. The number of nitrogens with zero attached hydrogens (tertiary/aromatic N) is 4. The van der Waals surface area contributed by atoms with E-state index >= 15 is 0 Å². The van der Waals surface area contributed by atoms with Gasteiger partial charge in [0.05, 0.1) is 26.0 Å². The highest BCUT2D eigenvalue weighted by molar-refractivity contribution is 7.99. The van der Waals surface area contributed by atoms with Crippen molar-refractivity contribution in [2.24, 2.45) is 0 Å². The number of hydrogen-bond donors (Lipinski definition) is 1. The van der Waals surface area contributed by atoms with Crippen LogP contribution in [0.1, 0.15) is 28.7 Å². The van der Waals surface area contributed by atoms with Crippen LogP contribution in [0.15, 0.2) is 78.0 Å². The SMILES string of the molecule is CCOc1ccc(-n2c(CNC(=O)c3cccc(OC)c3)nnc2SCC(=O)N2CCc3ccccc32)cc1. The standard InChI is InChI=1S/C29H29N5O4S/c1-3-38-23-13-11-22(12-14-23)34-26(18-30-28(36)21-8-6-9-24(17-21)37-2)31-32-29(34)39-19-27(35)33-16-15-20-7-4-5-10-25(20)33/h4-14,17H,3,15-16,18-19H2,1-2H3,(H,30,36). The molecule has 1 aliphatic rings. The lowest BCUT2D eigenvalue weighted by molar-refractivity contribution is -0.116. The second kappa shape index (κ2) is 12.0. The molecule has 0 unspecified atom stereocenters. The van der Waals surface area contributed by atoms with Crippen LogP contribution in [-0.2, 0) is 17.8 Å². The number of benzene rings is 3. The molecule has 0 aliphatic carbocycles. The molecule has 200 valence electrons. The molecule has 0 saturated carbocycles. The van der Waals surface area contributed by atoms with Gasteiger partial charge in [-0.2, -0.15) is 0 Å². The third-order valence-corrected chi connectivity index (χ3v) is 7.27. The van der Waals surface area contributed by atoms with Gasteiger partial charge in [-0.3, -0.25) is 14.2 Å². The van der Waals surface area contributed by atoms with Gasteiger partial charge in [0.2, 0.25) is 5.91 Å². The zero-order valence-corrected chi connectivity index (χ0v) is 22.6. The number of para-hydroxylation sites is 1. The van der Waals surface area contributed by atoms with Gasteiger partial charge in [0, 0.05) is 23.5 Å². The van der Waals surface area contributed by atoms with E-state index in [1.165, 1.54) is 17.3 Å². The summed E-state index contributed by atoms with van der Waals surface area (Å²) in [5.41, 5.74) is 3.43. The molecule has 39 heavy (non-hydrogen) atoms. The molecule has 1 N–H and O–H groups in total. The van der Waals surface area contributed by atoms with Gasteiger partial charge in [-0.15, -0.1) is 10.2 Å². The van der Waals surface area contributed by atoms with Crippen molar-refractivity contribution in [1.29, 1.82) is 0 Å². The lowest BCUT2D eigenvalue weighted by Gasteiger charge is -2.17. The molecular weight excluding hydrogens is 514 g/mol. The monoisotopic (exact) mass is 543 g/mol. The largest absolute Gasteiger partial charge is 0.497 e. The van der Waals surface area contributed by atoms with Gasteiger partial charge < -0.3 is 19.7 Å². The van der Waals surface area contributed by atoms with Crippen molar-refractivity contribution >= 4 is 29.3 Å². The minimum atomic E-state index is -0.257. The van der Waals surface area contributed by atoms with Gasteiger partial charge in [-0.1, -0.05) is 36.0 Å². The van der Waals surface area contributed by atoms with Crippen LogP contribution in [0.25, 0.3) is 5.69 Å². The second-order valence-electron chi connectivity index (χ2n) is 8.79. The molecule has 10 heteroatoms. The number of thioether (sulfide) groups is 1. The number of amides is 2. The van der Waals surface area contributed by atoms with Gasteiger partial charge in [-0.05, 0) is 67.4 Å². The van der Waals surface area contributed by atoms with E-state index in [2.05, 4.69) is 21.6 Å². The molecule has 2 heterocycles. The van der Waals surface area contributed by atoms with Crippen LogP contribution in [0, 0.1) is 0 Å². The number of methoxy groups -OCH3 is 1. The summed E-state index contributed by atoms with van der Waals surface area (Å²) >= 11 is 1.32. The zero-order chi connectivity index (χ0) is 27.2. The first kappa shape index (κ1) is 26.3. The quantitative estimate of drug-likeness (QED) is 0.298. The van der Waals surface area contributed by atoms with E-state index < -0.39 is 0 Å². The highest BCUT2D eigenvalue weighted by Gasteiger charge is 2.25. The lowest BCUT2D eigenvalue weighted by Crippen LogP contribution is -2.30. The number of nitrogens with one attached hydrogen (secondary N) is 1. The summed E-state index contributed by atoms with van der Waals surface area (Å²) in [5, 5.41) is 12.2. The second-order valence-corrected chi connectivity index (χ2v) is 9.73. The van der Waals surface area contributed by atoms with E-state index in [4.69, 9.17) is 9.47 Å². The fourth-order valence-electron chi connectivity index (χ4n) is 4.45. The predicted molar refractivity (Wildman–Crippen MR) is 150 cm³/mol. The molecule has 0 spiro atoms. The number of aromatic nitrogens is 3. The van der Waals surface area contributed by atoms with E-state index in [1.54, 1.807) is 31.4 Å². The molecule has 9 nitrogen and oxygen atoms in total.